The zero-order valence-electron chi connectivity index (χ0n) is 20.8. The number of nitrogens with one attached hydrogen (secondary N) is 1. The summed E-state index contributed by atoms with van der Waals surface area (Å²) in [6, 6.07) is 6.10. The minimum atomic E-state index is -4.46. The Bertz CT molecular complexity index is 1510. The van der Waals surface area contributed by atoms with Crippen LogP contribution in [-0.4, -0.2) is 55.6 Å². The third kappa shape index (κ3) is 4.91. The lowest BCUT2D eigenvalue weighted by Gasteiger charge is -2.32. The lowest BCUT2D eigenvalue weighted by Crippen LogP contribution is -2.48. The molecule has 0 bridgehead atoms. The quantitative estimate of drug-likeness (QED) is 0.426. The number of aromatic nitrogens is 5. The van der Waals surface area contributed by atoms with Crippen LogP contribution in [0.3, 0.4) is 0 Å². The van der Waals surface area contributed by atoms with Crippen molar-refractivity contribution in [3.8, 4) is 28.3 Å². The summed E-state index contributed by atoms with van der Waals surface area (Å²) in [5.41, 5.74) is 4.52. The number of fused-ring (bicyclic) bond motifs is 1. The average molecular weight is 523 g/mol. The summed E-state index contributed by atoms with van der Waals surface area (Å²) in [5, 5.41) is 20.3. The molecule has 196 valence electrons. The lowest BCUT2D eigenvalue weighted by atomic mass is 9.95. The average Bonchev–Trinajstić information content (AvgIpc) is 3.53. The number of amides is 1. The van der Waals surface area contributed by atoms with Crippen molar-refractivity contribution in [2.45, 2.75) is 32.0 Å². The van der Waals surface area contributed by atoms with Crippen LogP contribution in [0, 0.1) is 17.2 Å². The highest BCUT2D eigenvalue weighted by molar-refractivity contribution is 5.87. The van der Waals surface area contributed by atoms with E-state index in [1.54, 1.807) is 21.6 Å². The number of pyridine rings is 2. The molecular formula is C26H25F3N8O. The Kier molecular flexibility index (Phi) is 6.52. The number of aryl methyl sites for hydroxylation is 1. The number of nitrogens with zero attached hydrogens (tertiary/aromatic N) is 7. The fraction of sp³-hybridized carbons (Fsp3) is 0.346. The first-order valence-electron chi connectivity index (χ1n) is 12.1. The number of anilines is 1. The summed E-state index contributed by atoms with van der Waals surface area (Å²) in [6.45, 7) is 1.96. The zero-order valence-corrected chi connectivity index (χ0v) is 20.8. The molecule has 5 heterocycles. The van der Waals surface area contributed by atoms with Gasteiger partial charge in [0.25, 0.3) is 0 Å². The van der Waals surface area contributed by atoms with Crippen LogP contribution in [0.4, 0.5) is 19.0 Å². The molecule has 1 atom stereocenters. The summed E-state index contributed by atoms with van der Waals surface area (Å²) in [5.74, 6) is -0.320. The predicted molar refractivity (Wildman–Crippen MR) is 134 cm³/mol. The van der Waals surface area contributed by atoms with Gasteiger partial charge in [-0.25, -0.2) is 9.50 Å². The lowest BCUT2D eigenvalue weighted by molar-refractivity contribution is -0.159. The van der Waals surface area contributed by atoms with Crippen molar-refractivity contribution in [1.29, 1.82) is 5.26 Å². The Morgan fingerprint density at radius 2 is 1.87 bits per heavy atom. The summed E-state index contributed by atoms with van der Waals surface area (Å²) >= 11 is 0. The maximum absolute atomic E-state index is 12.8. The van der Waals surface area contributed by atoms with Crippen molar-refractivity contribution in [2.75, 3.05) is 18.0 Å². The van der Waals surface area contributed by atoms with Gasteiger partial charge in [-0.3, -0.25) is 9.48 Å². The second-order valence-corrected chi connectivity index (χ2v) is 9.45. The highest BCUT2D eigenvalue weighted by Crippen LogP contribution is 2.33. The highest BCUT2D eigenvalue weighted by Gasteiger charge is 2.38. The molecule has 12 heteroatoms. The molecule has 9 nitrogen and oxygen atoms in total. The fourth-order valence-corrected chi connectivity index (χ4v) is 4.67. The second kappa shape index (κ2) is 9.81. The van der Waals surface area contributed by atoms with Gasteiger partial charge in [-0.05, 0) is 38.0 Å². The first-order valence-corrected chi connectivity index (χ1v) is 12.1. The summed E-state index contributed by atoms with van der Waals surface area (Å²) in [6.07, 6.45) is 5.19. The molecular weight excluding hydrogens is 497 g/mol. The highest BCUT2D eigenvalue weighted by atomic mass is 19.4. The van der Waals surface area contributed by atoms with Gasteiger partial charge in [0.15, 0.2) is 0 Å². The molecule has 38 heavy (non-hydrogen) atoms. The predicted octanol–water partition coefficient (Wildman–Crippen LogP) is 3.95. The smallest absolute Gasteiger partial charge is 0.357 e. The van der Waals surface area contributed by atoms with Crippen molar-refractivity contribution in [3.63, 3.8) is 0 Å². The van der Waals surface area contributed by atoms with Crippen molar-refractivity contribution < 1.29 is 18.0 Å². The number of hydrogen-bond donors (Lipinski definition) is 1. The number of rotatable bonds is 5. The molecule has 1 aliphatic heterocycles. The van der Waals surface area contributed by atoms with Crippen molar-refractivity contribution >= 4 is 17.2 Å². The Morgan fingerprint density at radius 1 is 1.11 bits per heavy atom. The van der Waals surface area contributed by atoms with Gasteiger partial charge in [0, 0.05) is 66.9 Å². The molecule has 1 aliphatic rings. The Morgan fingerprint density at radius 3 is 2.47 bits per heavy atom. The van der Waals surface area contributed by atoms with E-state index in [2.05, 4.69) is 26.6 Å². The third-order valence-corrected chi connectivity index (χ3v) is 6.87. The number of hydrogen-bond acceptors (Lipinski definition) is 6. The molecule has 1 saturated heterocycles. The van der Waals surface area contributed by atoms with E-state index in [9.17, 15) is 23.2 Å². The van der Waals surface area contributed by atoms with Crippen molar-refractivity contribution in [3.05, 3.63) is 54.7 Å². The van der Waals surface area contributed by atoms with E-state index in [-0.39, 0.29) is 0 Å². The molecule has 0 saturated carbocycles. The van der Waals surface area contributed by atoms with Crippen LogP contribution >= 0.6 is 0 Å². The Labute approximate surface area is 216 Å². The minimum Gasteiger partial charge on any atom is -0.357 e. The van der Waals surface area contributed by atoms with Gasteiger partial charge in [-0.15, -0.1) is 0 Å². The van der Waals surface area contributed by atoms with Crippen LogP contribution in [0.15, 0.2) is 49.2 Å². The molecule has 4 aromatic heterocycles. The second-order valence-electron chi connectivity index (χ2n) is 9.45. The summed E-state index contributed by atoms with van der Waals surface area (Å²) in [7, 11) is 1.84. The maximum atomic E-state index is 12.8. The molecule has 1 N–H and O–H groups in total. The molecule has 0 aliphatic carbocycles. The van der Waals surface area contributed by atoms with Gasteiger partial charge in [-0.1, -0.05) is 0 Å². The van der Waals surface area contributed by atoms with E-state index in [1.165, 1.54) is 6.20 Å². The number of carbonyl (C=O) groups is 1. The number of carbonyl (C=O) groups excluding carboxylic acids is 1. The van der Waals surface area contributed by atoms with Crippen molar-refractivity contribution in [2.24, 2.45) is 13.0 Å². The largest absolute Gasteiger partial charge is 0.408 e. The molecule has 0 aromatic carbocycles. The molecule has 4 aromatic rings. The number of nitriles is 1. The molecule has 1 amide bonds. The van der Waals surface area contributed by atoms with Crippen LogP contribution in [-0.2, 0) is 11.8 Å². The normalized spacial score (nSPS) is 15.4. The molecule has 5 rings (SSSR count). The zero-order chi connectivity index (χ0) is 27.0. The standard InChI is InChI=1S/C26H25F3N8O/c1-16(26(27,28)29)34-25(38)17-5-7-36(8-6-17)23-4-3-18(11-31-23)22-9-19(21-13-32-35(2)14-21)15-37-24(22)20(10-30)12-33-37/h3-4,9,11-17H,5-8H2,1-2H3,(H,34,38)/t16-/m0/s1. The maximum Gasteiger partial charge on any atom is 0.408 e. The van der Waals surface area contributed by atoms with Crippen LogP contribution in [0.25, 0.3) is 27.8 Å². The van der Waals surface area contributed by atoms with Gasteiger partial charge in [0.1, 0.15) is 17.9 Å². The van der Waals surface area contributed by atoms with E-state index in [0.29, 0.717) is 42.8 Å². The van der Waals surface area contributed by atoms with Gasteiger partial charge >= 0.3 is 6.18 Å². The van der Waals surface area contributed by atoms with Crippen molar-refractivity contribution in [1.82, 2.24) is 29.7 Å². The van der Waals surface area contributed by atoms with Crippen LogP contribution < -0.4 is 10.2 Å². The van der Waals surface area contributed by atoms with Gasteiger partial charge in [0.05, 0.1) is 23.5 Å². The number of piperidine rings is 1. The molecule has 0 unspecified atom stereocenters. The van der Waals surface area contributed by atoms with Crippen LogP contribution in [0.5, 0.6) is 0 Å². The summed E-state index contributed by atoms with van der Waals surface area (Å²) in [4.78, 5) is 18.9. The van der Waals surface area contributed by atoms with E-state index in [0.717, 1.165) is 29.2 Å². The SMILES string of the molecule is C[C@H](NC(=O)C1CCN(c2ccc(-c3cc(-c4cnn(C)c4)cn4ncc(C#N)c34)cn2)CC1)C(F)(F)F. The molecule has 0 radical (unpaired) electrons. The molecule has 1 fully saturated rings. The van der Waals surface area contributed by atoms with Gasteiger partial charge in [-0.2, -0.15) is 28.6 Å². The van der Waals surface area contributed by atoms with E-state index < -0.39 is 24.0 Å². The fourth-order valence-electron chi connectivity index (χ4n) is 4.67. The van der Waals surface area contributed by atoms with E-state index in [4.69, 9.17) is 0 Å². The van der Waals surface area contributed by atoms with E-state index >= 15 is 0 Å². The molecule has 0 spiro atoms. The topological polar surface area (TPSA) is 104 Å². The summed E-state index contributed by atoms with van der Waals surface area (Å²) < 4.78 is 41.7. The van der Waals surface area contributed by atoms with Crippen LogP contribution in [0.1, 0.15) is 25.3 Å². The Hall–Kier alpha value is -4.40. The van der Waals surface area contributed by atoms with Gasteiger partial charge < -0.3 is 10.2 Å². The third-order valence-electron chi connectivity index (χ3n) is 6.87. The Balaban J connectivity index is 1.35. The first-order chi connectivity index (χ1) is 18.1. The van der Waals surface area contributed by atoms with Gasteiger partial charge in [0.2, 0.25) is 5.91 Å². The van der Waals surface area contributed by atoms with Crippen LogP contribution in [0.2, 0.25) is 0 Å². The monoisotopic (exact) mass is 522 g/mol. The first kappa shape index (κ1) is 25.3. The number of halogens is 3. The number of alkyl halides is 3. The van der Waals surface area contributed by atoms with E-state index in [1.807, 2.05) is 42.5 Å². The minimum absolute atomic E-state index is 0.439.